The predicted molar refractivity (Wildman–Crippen MR) is 76.7 cm³/mol. The molecule has 1 aromatic heterocycles. The van der Waals surface area contributed by atoms with Crippen molar-refractivity contribution in [3.63, 3.8) is 0 Å². The highest BCUT2D eigenvalue weighted by Crippen LogP contribution is 2.31. The number of sulfonamides is 1. The Morgan fingerprint density at radius 2 is 2.33 bits per heavy atom. The number of nitriles is 1. The van der Waals surface area contributed by atoms with Crippen molar-refractivity contribution in [2.45, 2.75) is 43.1 Å². The standard InChI is InChI=1S/C14H19N3O3S/c1-11-3-2-6-14(18,7-11)10-17-21(19,20)13-5-4-12(8-15)16-9-13/h4-5,9,11,17-18H,2-3,6-7,10H2,1H3. The number of hydrogen-bond acceptors (Lipinski definition) is 5. The zero-order chi connectivity index (χ0) is 15.5. The highest BCUT2D eigenvalue weighted by Gasteiger charge is 2.33. The number of hydrogen-bond donors (Lipinski definition) is 2. The van der Waals surface area contributed by atoms with Gasteiger partial charge in [0.25, 0.3) is 0 Å². The predicted octanol–water partition coefficient (Wildman–Crippen LogP) is 1.17. The highest BCUT2D eigenvalue weighted by molar-refractivity contribution is 7.89. The molecule has 114 valence electrons. The fraction of sp³-hybridized carbons (Fsp3) is 0.571. The highest BCUT2D eigenvalue weighted by atomic mass is 32.2. The molecule has 1 fully saturated rings. The van der Waals surface area contributed by atoms with Crippen molar-refractivity contribution in [2.75, 3.05) is 6.54 Å². The van der Waals surface area contributed by atoms with Gasteiger partial charge >= 0.3 is 0 Å². The summed E-state index contributed by atoms with van der Waals surface area (Å²) in [5.41, 5.74) is -0.821. The van der Waals surface area contributed by atoms with Gasteiger partial charge in [-0.1, -0.05) is 19.8 Å². The van der Waals surface area contributed by atoms with Crippen LogP contribution in [0.5, 0.6) is 0 Å². The Hall–Kier alpha value is -1.49. The molecule has 21 heavy (non-hydrogen) atoms. The first-order valence-electron chi connectivity index (χ1n) is 6.93. The van der Waals surface area contributed by atoms with Gasteiger partial charge in [0, 0.05) is 12.7 Å². The van der Waals surface area contributed by atoms with Crippen LogP contribution in [0.2, 0.25) is 0 Å². The topological polar surface area (TPSA) is 103 Å². The van der Waals surface area contributed by atoms with Gasteiger partial charge < -0.3 is 5.11 Å². The molecule has 0 aromatic carbocycles. The fourth-order valence-corrected chi connectivity index (χ4v) is 3.78. The molecule has 0 radical (unpaired) electrons. The van der Waals surface area contributed by atoms with Gasteiger partial charge in [0.05, 0.1) is 5.60 Å². The first kappa shape index (κ1) is 15.9. The summed E-state index contributed by atoms with van der Waals surface area (Å²) in [6.45, 7) is 2.06. The van der Waals surface area contributed by atoms with Gasteiger partial charge in [-0.2, -0.15) is 5.26 Å². The second kappa shape index (κ2) is 6.10. The van der Waals surface area contributed by atoms with Crippen molar-refractivity contribution in [1.82, 2.24) is 9.71 Å². The van der Waals surface area contributed by atoms with E-state index in [0.717, 1.165) is 19.0 Å². The number of aliphatic hydroxyl groups is 1. The minimum Gasteiger partial charge on any atom is -0.389 e. The number of nitrogens with one attached hydrogen (secondary N) is 1. The molecule has 1 heterocycles. The number of pyridine rings is 1. The van der Waals surface area contributed by atoms with E-state index in [1.807, 2.05) is 6.07 Å². The Morgan fingerprint density at radius 1 is 1.57 bits per heavy atom. The van der Waals surface area contributed by atoms with Crippen LogP contribution in [0.1, 0.15) is 38.3 Å². The smallest absolute Gasteiger partial charge is 0.242 e. The summed E-state index contributed by atoms with van der Waals surface area (Å²) in [5.74, 6) is 0.393. The molecular formula is C14H19N3O3S. The normalized spacial score (nSPS) is 26.2. The molecule has 0 bridgehead atoms. The summed E-state index contributed by atoms with van der Waals surface area (Å²) >= 11 is 0. The van der Waals surface area contributed by atoms with E-state index in [2.05, 4.69) is 16.6 Å². The van der Waals surface area contributed by atoms with E-state index in [1.165, 1.54) is 12.1 Å². The van der Waals surface area contributed by atoms with E-state index < -0.39 is 15.6 Å². The zero-order valence-corrected chi connectivity index (χ0v) is 12.7. The van der Waals surface area contributed by atoms with Crippen LogP contribution in [0.25, 0.3) is 0 Å². The molecule has 2 rings (SSSR count). The van der Waals surface area contributed by atoms with E-state index in [9.17, 15) is 13.5 Å². The molecule has 1 aliphatic rings. The molecule has 2 N–H and O–H groups in total. The lowest BCUT2D eigenvalue weighted by atomic mass is 9.79. The maximum absolute atomic E-state index is 12.2. The van der Waals surface area contributed by atoms with Crippen molar-refractivity contribution in [3.05, 3.63) is 24.0 Å². The van der Waals surface area contributed by atoms with E-state index in [0.29, 0.717) is 18.8 Å². The van der Waals surface area contributed by atoms with Crippen molar-refractivity contribution >= 4 is 10.0 Å². The van der Waals surface area contributed by atoms with E-state index >= 15 is 0 Å². The van der Waals surface area contributed by atoms with Crippen molar-refractivity contribution in [3.8, 4) is 6.07 Å². The third-order valence-corrected chi connectivity index (χ3v) is 5.21. The molecule has 1 saturated carbocycles. The van der Waals surface area contributed by atoms with E-state index in [1.54, 1.807) is 0 Å². The minimum atomic E-state index is -3.72. The summed E-state index contributed by atoms with van der Waals surface area (Å²) in [5, 5.41) is 19.1. The van der Waals surface area contributed by atoms with Crippen LogP contribution >= 0.6 is 0 Å². The van der Waals surface area contributed by atoms with Crippen LogP contribution in [0, 0.1) is 17.2 Å². The Morgan fingerprint density at radius 3 is 2.90 bits per heavy atom. The lowest BCUT2D eigenvalue weighted by Crippen LogP contribution is -2.45. The number of nitrogens with zero attached hydrogens (tertiary/aromatic N) is 2. The number of aromatic nitrogens is 1. The molecule has 6 nitrogen and oxygen atoms in total. The zero-order valence-electron chi connectivity index (χ0n) is 11.9. The van der Waals surface area contributed by atoms with Crippen LogP contribution < -0.4 is 4.72 Å². The molecule has 2 unspecified atom stereocenters. The van der Waals surface area contributed by atoms with Crippen molar-refractivity contribution in [1.29, 1.82) is 5.26 Å². The van der Waals surface area contributed by atoms with Gasteiger partial charge in [-0.15, -0.1) is 0 Å². The van der Waals surface area contributed by atoms with Crippen LogP contribution in [0.3, 0.4) is 0 Å². The molecule has 1 aliphatic carbocycles. The molecule has 0 aliphatic heterocycles. The molecule has 0 amide bonds. The second-order valence-corrected chi connectivity index (χ2v) is 7.51. The largest absolute Gasteiger partial charge is 0.389 e. The number of rotatable bonds is 4. The Kier molecular flexibility index (Phi) is 4.61. The lowest BCUT2D eigenvalue weighted by Gasteiger charge is -2.35. The average Bonchev–Trinajstić information content (AvgIpc) is 2.45. The Labute approximate surface area is 124 Å². The molecule has 0 spiro atoms. The van der Waals surface area contributed by atoms with Crippen LogP contribution in [-0.4, -0.2) is 30.7 Å². The monoisotopic (exact) mass is 309 g/mol. The molecule has 7 heteroatoms. The molecular weight excluding hydrogens is 290 g/mol. The summed E-state index contributed by atoms with van der Waals surface area (Å²) in [6, 6.07) is 4.52. The molecule has 2 atom stereocenters. The van der Waals surface area contributed by atoms with Crippen LogP contribution in [-0.2, 0) is 10.0 Å². The SMILES string of the molecule is CC1CCCC(O)(CNS(=O)(=O)c2ccc(C#N)nc2)C1. The molecule has 1 aromatic rings. The summed E-state index contributed by atoms with van der Waals surface area (Å²) in [6.07, 6.45) is 4.31. The summed E-state index contributed by atoms with van der Waals surface area (Å²) < 4.78 is 26.7. The average molecular weight is 309 g/mol. The van der Waals surface area contributed by atoms with Gasteiger partial charge in [0.2, 0.25) is 10.0 Å². The molecule has 0 saturated heterocycles. The summed E-state index contributed by atoms with van der Waals surface area (Å²) in [4.78, 5) is 3.74. The van der Waals surface area contributed by atoms with Gasteiger partial charge in [-0.3, -0.25) is 0 Å². The van der Waals surface area contributed by atoms with Gasteiger partial charge in [-0.25, -0.2) is 18.1 Å². The van der Waals surface area contributed by atoms with Gasteiger partial charge in [0.1, 0.15) is 16.7 Å². The van der Waals surface area contributed by atoms with E-state index in [4.69, 9.17) is 5.26 Å². The third kappa shape index (κ3) is 4.00. The Balaban J connectivity index is 2.05. The third-order valence-electron chi connectivity index (χ3n) is 3.82. The van der Waals surface area contributed by atoms with Crippen molar-refractivity contribution in [2.24, 2.45) is 5.92 Å². The van der Waals surface area contributed by atoms with Crippen molar-refractivity contribution < 1.29 is 13.5 Å². The van der Waals surface area contributed by atoms with Crippen LogP contribution in [0.4, 0.5) is 0 Å². The van der Waals surface area contributed by atoms with Gasteiger partial charge in [-0.05, 0) is 30.9 Å². The first-order chi connectivity index (χ1) is 9.85. The summed E-state index contributed by atoms with van der Waals surface area (Å²) in [7, 11) is -3.72. The minimum absolute atomic E-state index is 0.000323. The van der Waals surface area contributed by atoms with Crippen LogP contribution in [0.15, 0.2) is 23.2 Å². The van der Waals surface area contributed by atoms with Gasteiger partial charge in [0.15, 0.2) is 0 Å². The quantitative estimate of drug-likeness (QED) is 0.869. The second-order valence-electron chi connectivity index (χ2n) is 5.74. The Bertz CT molecular complexity index is 636. The maximum Gasteiger partial charge on any atom is 0.242 e. The maximum atomic E-state index is 12.2. The lowest BCUT2D eigenvalue weighted by molar-refractivity contribution is -0.00751. The van der Waals surface area contributed by atoms with E-state index in [-0.39, 0.29) is 17.1 Å². The first-order valence-corrected chi connectivity index (χ1v) is 8.41. The fourth-order valence-electron chi connectivity index (χ4n) is 2.71.